The average molecular weight is 717 g/mol. The number of aryl methyl sites for hydroxylation is 2. The minimum atomic E-state index is -0.250. The molecule has 0 aliphatic carbocycles. The highest BCUT2D eigenvalue weighted by Gasteiger charge is 2.10. The molecule has 0 aliphatic heterocycles. The molecular formula is C43H44N2O8. The summed E-state index contributed by atoms with van der Waals surface area (Å²) in [5.41, 5.74) is 4.46. The van der Waals surface area contributed by atoms with Gasteiger partial charge in [-0.3, -0.25) is 19.2 Å². The number of phenolic OH excluding ortho intramolecular Hbond substituents is 1. The summed E-state index contributed by atoms with van der Waals surface area (Å²) in [7, 11) is 0. The minimum Gasteiger partial charge on any atom is -0.508 e. The van der Waals surface area contributed by atoms with Crippen LogP contribution in [0.15, 0.2) is 127 Å². The molecule has 0 spiro atoms. The van der Waals surface area contributed by atoms with Crippen molar-refractivity contribution in [2.24, 2.45) is 0 Å². The standard InChI is InChI=1S/C25H25NO4.C18H19NO4/c1-19-6-5-9-24(16-19)30-18-22(27)12-15-25(28)26-21-10-13-23(14-11-21)29-17-20-7-3-2-4-8-20;1-13-3-2-4-17(11-13)23-12-16(21)9-10-18(22)19-14-5-7-15(20)8-6-14/h2-11,13-14,16H,12,15,17-18H2,1H3,(H,26,28);2-8,11,20H,9-10,12H2,1H3,(H,19,22). The first-order chi connectivity index (χ1) is 25.6. The lowest BCUT2D eigenvalue weighted by Crippen LogP contribution is -2.16. The lowest BCUT2D eigenvalue weighted by molar-refractivity contribution is -0.124. The van der Waals surface area contributed by atoms with Crippen molar-refractivity contribution < 1.29 is 38.5 Å². The molecule has 0 atom stereocenters. The van der Waals surface area contributed by atoms with E-state index in [9.17, 15) is 19.2 Å². The summed E-state index contributed by atoms with van der Waals surface area (Å²) in [4.78, 5) is 47.6. The highest BCUT2D eigenvalue weighted by Crippen LogP contribution is 2.18. The molecule has 5 aromatic carbocycles. The molecule has 10 heteroatoms. The Labute approximate surface area is 309 Å². The number of carbonyl (C=O) groups is 4. The topological polar surface area (TPSA) is 140 Å². The van der Waals surface area contributed by atoms with E-state index in [0.717, 1.165) is 22.4 Å². The van der Waals surface area contributed by atoms with Gasteiger partial charge in [0.2, 0.25) is 11.8 Å². The maximum atomic E-state index is 12.1. The van der Waals surface area contributed by atoms with Crippen LogP contribution in [0.2, 0.25) is 0 Å². The predicted octanol–water partition coefficient (Wildman–Crippen LogP) is 8.01. The van der Waals surface area contributed by atoms with Crippen LogP contribution in [0, 0.1) is 13.8 Å². The first-order valence-corrected chi connectivity index (χ1v) is 17.2. The highest BCUT2D eigenvalue weighted by molar-refractivity contribution is 5.94. The summed E-state index contributed by atoms with van der Waals surface area (Å²) in [5, 5.41) is 14.6. The maximum Gasteiger partial charge on any atom is 0.224 e. The van der Waals surface area contributed by atoms with E-state index in [4.69, 9.17) is 19.3 Å². The molecule has 10 nitrogen and oxygen atoms in total. The molecule has 0 bridgehead atoms. The van der Waals surface area contributed by atoms with Crippen LogP contribution in [-0.4, -0.2) is 41.7 Å². The lowest BCUT2D eigenvalue weighted by Gasteiger charge is -2.09. The second-order valence-corrected chi connectivity index (χ2v) is 12.2. The summed E-state index contributed by atoms with van der Waals surface area (Å²) in [6, 6.07) is 38.2. The van der Waals surface area contributed by atoms with Crippen LogP contribution in [0.25, 0.3) is 0 Å². The Morgan fingerprint density at radius 2 is 0.981 bits per heavy atom. The Bertz CT molecular complexity index is 1930. The normalized spacial score (nSPS) is 10.2. The summed E-state index contributed by atoms with van der Waals surface area (Å²) in [6.45, 7) is 4.31. The zero-order valence-electron chi connectivity index (χ0n) is 29.9. The summed E-state index contributed by atoms with van der Waals surface area (Å²) in [6.07, 6.45) is 0.463. The van der Waals surface area contributed by atoms with Crippen molar-refractivity contribution in [3.8, 4) is 23.0 Å². The molecule has 3 N–H and O–H groups in total. The fourth-order valence-electron chi connectivity index (χ4n) is 4.76. The predicted molar refractivity (Wildman–Crippen MR) is 204 cm³/mol. The van der Waals surface area contributed by atoms with Crippen molar-refractivity contribution in [2.75, 3.05) is 23.8 Å². The van der Waals surface area contributed by atoms with E-state index in [1.807, 2.05) is 80.6 Å². The molecule has 0 fully saturated rings. The zero-order chi connectivity index (χ0) is 37.8. The summed E-state index contributed by atoms with van der Waals surface area (Å²) in [5.74, 6) is 1.45. The van der Waals surface area contributed by atoms with Crippen LogP contribution in [0.3, 0.4) is 0 Å². The number of aromatic hydroxyl groups is 1. The van der Waals surface area contributed by atoms with E-state index in [2.05, 4.69) is 10.6 Å². The van der Waals surface area contributed by atoms with Crippen molar-refractivity contribution in [1.82, 2.24) is 0 Å². The number of benzene rings is 5. The Morgan fingerprint density at radius 1 is 0.509 bits per heavy atom. The van der Waals surface area contributed by atoms with Gasteiger partial charge in [0, 0.05) is 37.1 Å². The molecule has 0 saturated carbocycles. The Balaban J connectivity index is 0.000000245. The van der Waals surface area contributed by atoms with E-state index in [1.165, 1.54) is 12.1 Å². The van der Waals surface area contributed by atoms with Crippen molar-refractivity contribution in [3.63, 3.8) is 0 Å². The van der Waals surface area contributed by atoms with Gasteiger partial charge in [-0.25, -0.2) is 0 Å². The molecule has 2 amide bonds. The highest BCUT2D eigenvalue weighted by atomic mass is 16.5. The lowest BCUT2D eigenvalue weighted by atomic mass is 10.2. The third-order valence-electron chi connectivity index (χ3n) is 7.58. The van der Waals surface area contributed by atoms with E-state index >= 15 is 0 Å². The molecule has 274 valence electrons. The maximum absolute atomic E-state index is 12.1. The molecule has 0 aromatic heterocycles. The molecule has 53 heavy (non-hydrogen) atoms. The minimum absolute atomic E-state index is 0.0375. The first kappa shape index (κ1) is 39.4. The van der Waals surface area contributed by atoms with E-state index in [0.29, 0.717) is 29.5 Å². The number of rotatable bonds is 17. The first-order valence-electron chi connectivity index (χ1n) is 17.2. The SMILES string of the molecule is Cc1cccc(OCC(=O)CCC(=O)Nc2ccc(O)cc2)c1.Cc1cccc(OCC(=O)CCC(=O)Nc2ccc(OCc3ccccc3)cc2)c1. The number of hydrogen-bond donors (Lipinski definition) is 3. The fraction of sp³-hybridized carbons (Fsp3) is 0.209. The number of hydrogen-bond acceptors (Lipinski definition) is 8. The van der Waals surface area contributed by atoms with Crippen LogP contribution >= 0.6 is 0 Å². The molecule has 0 heterocycles. The number of carbonyl (C=O) groups excluding carboxylic acids is 4. The molecule has 0 radical (unpaired) electrons. The Hall–Kier alpha value is -6.42. The summed E-state index contributed by atoms with van der Waals surface area (Å²) < 4.78 is 16.6. The van der Waals surface area contributed by atoms with Gasteiger partial charge in [0.05, 0.1) is 0 Å². The van der Waals surface area contributed by atoms with Crippen LogP contribution in [0.5, 0.6) is 23.0 Å². The Kier molecular flexibility index (Phi) is 15.6. The molecule has 0 aliphatic rings. The van der Waals surface area contributed by atoms with Gasteiger partial charge in [-0.1, -0.05) is 54.6 Å². The second kappa shape index (κ2) is 21.1. The molecule has 0 saturated heterocycles. The van der Waals surface area contributed by atoms with Gasteiger partial charge in [-0.05, 0) is 103 Å². The number of nitrogens with one attached hydrogen (secondary N) is 2. The van der Waals surface area contributed by atoms with Gasteiger partial charge in [-0.15, -0.1) is 0 Å². The third kappa shape index (κ3) is 15.6. The van der Waals surface area contributed by atoms with Crippen LogP contribution in [0.4, 0.5) is 11.4 Å². The molecular weight excluding hydrogens is 672 g/mol. The fourth-order valence-corrected chi connectivity index (χ4v) is 4.76. The average Bonchev–Trinajstić information content (AvgIpc) is 3.16. The summed E-state index contributed by atoms with van der Waals surface area (Å²) >= 11 is 0. The largest absolute Gasteiger partial charge is 0.508 e. The van der Waals surface area contributed by atoms with E-state index in [1.54, 1.807) is 48.5 Å². The Morgan fingerprint density at radius 3 is 1.45 bits per heavy atom. The van der Waals surface area contributed by atoms with E-state index in [-0.39, 0.29) is 68.0 Å². The van der Waals surface area contributed by atoms with E-state index < -0.39 is 0 Å². The number of amides is 2. The molecule has 5 rings (SSSR count). The third-order valence-corrected chi connectivity index (χ3v) is 7.58. The second-order valence-electron chi connectivity index (χ2n) is 12.2. The van der Waals surface area contributed by atoms with Gasteiger partial charge in [-0.2, -0.15) is 0 Å². The monoisotopic (exact) mass is 716 g/mol. The van der Waals surface area contributed by atoms with Gasteiger partial charge < -0.3 is 30.0 Å². The van der Waals surface area contributed by atoms with Gasteiger partial charge >= 0.3 is 0 Å². The number of phenols is 1. The van der Waals surface area contributed by atoms with Crippen molar-refractivity contribution >= 4 is 34.8 Å². The van der Waals surface area contributed by atoms with Crippen LogP contribution < -0.4 is 24.8 Å². The van der Waals surface area contributed by atoms with Crippen molar-refractivity contribution in [3.05, 3.63) is 144 Å². The molecule has 0 unspecified atom stereocenters. The molecule has 5 aromatic rings. The van der Waals surface area contributed by atoms with Crippen molar-refractivity contribution in [2.45, 2.75) is 46.1 Å². The zero-order valence-corrected chi connectivity index (χ0v) is 29.9. The number of anilines is 2. The van der Waals surface area contributed by atoms with Crippen LogP contribution in [0.1, 0.15) is 42.4 Å². The van der Waals surface area contributed by atoms with Gasteiger partial charge in [0.1, 0.15) is 42.8 Å². The number of ketones is 2. The quantitative estimate of drug-likeness (QED) is 0.0823. The van der Waals surface area contributed by atoms with Gasteiger partial charge in [0.15, 0.2) is 11.6 Å². The van der Waals surface area contributed by atoms with Crippen molar-refractivity contribution in [1.29, 1.82) is 0 Å². The number of ether oxygens (including phenoxy) is 3. The van der Waals surface area contributed by atoms with Crippen LogP contribution in [-0.2, 0) is 25.8 Å². The number of Topliss-reactive ketones (excluding diaryl/α,β-unsaturated/α-hetero) is 2. The smallest absolute Gasteiger partial charge is 0.224 e. The van der Waals surface area contributed by atoms with Gasteiger partial charge in [0.25, 0.3) is 0 Å².